The van der Waals surface area contributed by atoms with Gasteiger partial charge in [-0.2, -0.15) is 0 Å². The summed E-state index contributed by atoms with van der Waals surface area (Å²) in [5.41, 5.74) is 0.451. The van der Waals surface area contributed by atoms with Crippen LogP contribution in [0.2, 0.25) is 0 Å². The molecular formula is C11H26N2. The Balaban J connectivity index is 0.000000671. The van der Waals surface area contributed by atoms with Crippen LogP contribution in [-0.2, 0) is 0 Å². The molecule has 80 valence electrons. The predicted octanol–water partition coefficient (Wildman–Crippen LogP) is 2.11. The van der Waals surface area contributed by atoms with Crippen LogP contribution in [0.15, 0.2) is 0 Å². The molecule has 13 heavy (non-hydrogen) atoms. The topological polar surface area (TPSA) is 15.3 Å². The van der Waals surface area contributed by atoms with E-state index in [0.29, 0.717) is 5.54 Å². The van der Waals surface area contributed by atoms with E-state index in [0.717, 1.165) is 0 Å². The summed E-state index contributed by atoms with van der Waals surface area (Å²) in [5.74, 6) is 0. The van der Waals surface area contributed by atoms with Gasteiger partial charge in [0, 0.05) is 5.54 Å². The number of hydrogen-bond acceptors (Lipinski definition) is 2. The molecule has 0 amide bonds. The molecule has 0 spiro atoms. The van der Waals surface area contributed by atoms with Crippen molar-refractivity contribution in [1.29, 1.82) is 0 Å². The van der Waals surface area contributed by atoms with Crippen molar-refractivity contribution in [2.24, 2.45) is 0 Å². The summed E-state index contributed by atoms with van der Waals surface area (Å²) in [6.07, 6.45) is 3.87. The third-order valence-electron chi connectivity index (χ3n) is 3.15. The summed E-state index contributed by atoms with van der Waals surface area (Å²) in [4.78, 5) is 2.41. The fourth-order valence-electron chi connectivity index (χ4n) is 1.83. The third kappa shape index (κ3) is 3.65. The molecule has 0 aromatic rings. The first-order chi connectivity index (χ1) is 6.22. The van der Waals surface area contributed by atoms with E-state index in [2.05, 4.69) is 31.2 Å². The first kappa shape index (κ1) is 12.9. The van der Waals surface area contributed by atoms with Gasteiger partial charge in [-0.15, -0.1) is 0 Å². The molecule has 0 atom stereocenters. The number of hydrogen-bond donors (Lipinski definition) is 1. The van der Waals surface area contributed by atoms with E-state index in [1.54, 1.807) is 0 Å². The highest BCUT2D eigenvalue weighted by atomic mass is 15.1. The van der Waals surface area contributed by atoms with Gasteiger partial charge in [0.05, 0.1) is 0 Å². The summed E-state index contributed by atoms with van der Waals surface area (Å²) in [7, 11) is 4.30. The molecule has 2 heteroatoms. The number of nitrogens with zero attached hydrogens (tertiary/aromatic N) is 1. The highest BCUT2D eigenvalue weighted by Gasteiger charge is 2.29. The fourth-order valence-corrected chi connectivity index (χ4v) is 1.83. The minimum absolute atomic E-state index is 0.451. The van der Waals surface area contributed by atoms with Crippen molar-refractivity contribution in [2.45, 2.75) is 45.6 Å². The highest BCUT2D eigenvalue weighted by Crippen LogP contribution is 2.23. The molecule has 1 aliphatic rings. The molecule has 1 N–H and O–H groups in total. The van der Waals surface area contributed by atoms with Crippen LogP contribution in [0.4, 0.5) is 0 Å². The minimum atomic E-state index is 0.451. The molecule has 0 aliphatic carbocycles. The number of likely N-dealkylation sites (tertiary alicyclic amines) is 1. The van der Waals surface area contributed by atoms with Crippen LogP contribution < -0.4 is 5.32 Å². The highest BCUT2D eigenvalue weighted by molar-refractivity contribution is 4.90. The van der Waals surface area contributed by atoms with Crippen LogP contribution in [-0.4, -0.2) is 37.6 Å². The Labute approximate surface area is 83.7 Å². The van der Waals surface area contributed by atoms with Gasteiger partial charge < -0.3 is 10.2 Å². The van der Waals surface area contributed by atoms with Crippen LogP contribution in [0, 0.1) is 0 Å². The van der Waals surface area contributed by atoms with Crippen LogP contribution in [0.3, 0.4) is 0 Å². The van der Waals surface area contributed by atoms with Gasteiger partial charge in [-0.25, -0.2) is 0 Å². The van der Waals surface area contributed by atoms with Gasteiger partial charge in [0.2, 0.25) is 0 Å². The van der Waals surface area contributed by atoms with Crippen LogP contribution in [0.1, 0.15) is 40.0 Å². The monoisotopic (exact) mass is 186 g/mol. The van der Waals surface area contributed by atoms with Gasteiger partial charge in [-0.1, -0.05) is 20.8 Å². The van der Waals surface area contributed by atoms with Gasteiger partial charge >= 0.3 is 0 Å². The zero-order valence-corrected chi connectivity index (χ0v) is 9.98. The van der Waals surface area contributed by atoms with E-state index >= 15 is 0 Å². The molecule has 1 rings (SSSR count). The summed E-state index contributed by atoms with van der Waals surface area (Å²) < 4.78 is 0. The second-order valence-electron chi connectivity index (χ2n) is 3.69. The molecule has 1 fully saturated rings. The molecule has 1 aliphatic heterocycles. The zero-order chi connectivity index (χ0) is 10.3. The molecule has 0 bridgehead atoms. The van der Waals surface area contributed by atoms with Crippen molar-refractivity contribution in [2.75, 3.05) is 27.2 Å². The smallest absolute Gasteiger partial charge is 0.0200 e. The maximum atomic E-state index is 3.46. The molecule has 1 saturated heterocycles. The van der Waals surface area contributed by atoms with Gasteiger partial charge in [-0.3, -0.25) is 0 Å². The summed E-state index contributed by atoms with van der Waals surface area (Å²) in [5, 5.41) is 3.46. The number of piperidine rings is 1. The maximum Gasteiger partial charge on any atom is 0.0200 e. The third-order valence-corrected chi connectivity index (χ3v) is 3.15. The SMILES string of the molecule is CC.CCC1(NC)CCN(C)CC1. The lowest BCUT2D eigenvalue weighted by atomic mass is 9.85. The zero-order valence-electron chi connectivity index (χ0n) is 9.98. The summed E-state index contributed by atoms with van der Waals surface area (Å²) in [6.45, 7) is 8.77. The van der Waals surface area contributed by atoms with Crippen molar-refractivity contribution >= 4 is 0 Å². The second-order valence-corrected chi connectivity index (χ2v) is 3.69. The molecule has 0 unspecified atom stereocenters. The minimum Gasteiger partial charge on any atom is -0.314 e. The van der Waals surface area contributed by atoms with E-state index in [9.17, 15) is 0 Å². The first-order valence-corrected chi connectivity index (χ1v) is 5.60. The normalized spacial score (nSPS) is 21.9. The van der Waals surface area contributed by atoms with Gasteiger partial charge in [0.1, 0.15) is 0 Å². The molecule has 0 radical (unpaired) electrons. The van der Waals surface area contributed by atoms with Gasteiger partial charge in [-0.05, 0) is 46.4 Å². The van der Waals surface area contributed by atoms with E-state index in [1.807, 2.05) is 13.8 Å². The number of nitrogens with one attached hydrogen (secondary N) is 1. The van der Waals surface area contributed by atoms with Gasteiger partial charge in [0.15, 0.2) is 0 Å². The standard InChI is InChI=1S/C9H20N2.C2H6/c1-4-9(10-2)5-7-11(3)8-6-9;1-2/h10H,4-8H2,1-3H3;1-2H3. The molecule has 0 saturated carbocycles. The van der Waals surface area contributed by atoms with Crippen molar-refractivity contribution in [1.82, 2.24) is 10.2 Å². The quantitative estimate of drug-likeness (QED) is 0.710. The maximum absolute atomic E-state index is 3.46. The van der Waals surface area contributed by atoms with Crippen LogP contribution in [0.25, 0.3) is 0 Å². The Morgan fingerprint density at radius 2 is 1.69 bits per heavy atom. The Bertz CT molecular complexity index is 109. The van der Waals surface area contributed by atoms with Crippen LogP contribution in [0.5, 0.6) is 0 Å². The number of rotatable bonds is 2. The summed E-state index contributed by atoms with van der Waals surface area (Å²) >= 11 is 0. The average Bonchev–Trinajstić information content (AvgIpc) is 2.23. The Morgan fingerprint density at radius 1 is 1.23 bits per heavy atom. The molecule has 0 aromatic carbocycles. The van der Waals surface area contributed by atoms with Crippen molar-refractivity contribution in [3.63, 3.8) is 0 Å². The van der Waals surface area contributed by atoms with E-state index in [4.69, 9.17) is 0 Å². The molecule has 1 heterocycles. The largest absolute Gasteiger partial charge is 0.314 e. The van der Waals surface area contributed by atoms with Crippen molar-refractivity contribution in [3.8, 4) is 0 Å². The van der Waals surface area contributed by atoms with Gasteiger partial charge in [0.25, 0.3) is 0 Å². The lowest BCUT2D eigenvalue weighted by Gasteiger charge is -2.40. The first-order valence-electron chi connectivity index (χ1n) is 5.60. The lowest BCUT2D eigenvalue weighted by Crippen LogP contribution is -2.50. The predicted molar refractivity (Wildman–Crippen MR) is 60.2 cm³/mol. The van der Waals surface area contributed by atoms with E-state index in [-0.39, 0.29) is 0 Å². The molecule has 2 nitrogen and oxygen atoms in total. The Morgan fingerprint density at radius 3 is 2.00 bits per heavy atom. The summed E-state index contributed by atoms with van der Waals surface area (Å²) in [6, 6.07) is 0. The lowest BCUT2D eigenvalue weighted by molar-refractivity contribution is 0.160. The van der Waals surface area contributed by atoms with Crippen molar-refractivity contribution in [3.05, 3.63) is 0 Å². The van der Waals surface area contributed by atoms with Crippen LogP contribution >= 0.6 is 0 Å². The van der Waals surface area contributed by atoms with E-state index < -0.39 is 0 Å². The molecule has 0 aromatic heterocycles. The van der Waals surface area contributed by atoms with E-state index in [1.165, 1.54) is 32.4 Å². The average molecular weight is 186 g/mol. The second kappa shape index (κ2) is 6.39. The fraction of sp³-hybridized carbons (Fsp3) is 1.00. The molecular weight excluding hydrogens is 160 g/mol. The van der Waals surface area contributed by atoms with Crippen molar-refractivity contribution < 1.29 is 0 Å². The Kier molecular flexibility index (Phi) is 6.35. The Hall–Kier alpha value is -0.0800.